The summed E-state index contributed by atoms with van der Waals surface area (Å²) in [5.74, 6) is 0.895. The third kappa shape index (κ3) is 1.26. The monoisotopic (exact) mass is 191 g/mol. The molecular weight excluding hydrogens is 174 g/mol. The maximum absolute atomic E-state index is 9.80. The molecule has 1 heterocycles. The fourth-order valence-electron chi connectivity index (χ4n) is 2.38. The van der Waals surface area contributed by atoms with Gasteiger partial charge in [0.25, 0.3) is 0 Å². The number of benzene rings is 1. The van der Waals surface area contributed by atoms with E-state index in [0.717, 1.165) is 12.0 Å². The van der Waals surface area contributed by atoms with E-state index >= 15 is 0 Å². The van der Waals surface area contributed by atoms with Crippen molar-refractivity contribution in [3.05, 3.63) is 23.8 Å². The van der Waals surface area contributed by atoms with Gasteiger partial charge in [-0.25, -0.2) is 0 Å². The number of phenols is 1. The highest BCUT2D eigenvalue weighted by atomic mass is 16.3. The van der Waals surface area contributed by atoms with Crippen LogP contribution in [0.15, 0.2) is 18.2 Å². The Bertz CT molecular complexity index is 348. The number of phenolic OH excluding ortho intramolecular Hbond substituents is 1. The first kappa shape index (κ1) is 9.38. The van der Waals surface area contributed by atoms with E-state index in [1.807, 2.05) is 6.07 Å². The molecule has 0 fully saturated rings. The van der Waals surface area contributed by atoms with E-state index in [-0.39, 0.29) is 0 Å². The predicted molar refractivity (Wildman–Crippen MR) is 59.0 cm³/mol. The first-order valence-electron chi connectivity index (χ1n) is 5.16. The lowest BCUT2D eigenvalue weighted by Gasteiger charge is -2.37. The second kappa shape index (κ2) is 3.19. The molecule has 2 nitrogen and oxygen atoms in total. The highest BCUT2D eigenvalue weighted by Crippen LogP contribution is 2.41. The van der Waals surface area contributed by atoms with Crippen LogP contribution in [-0.2, 0) is 0 Å². The van der Waals surface area contributed by atoms with Crippen LogP contribution in [0.2, 0.25) is 0 Å². The lowest BCUT2D eigenvalue weighted by molar-refractivity contribution is 0.446. The van der Waals surface area contributed by atoms with Gasteiger partial charge in [0.1, 0.15) is 5.75 Å². The number of aromatic hydroxyl groups is 1. The molecule has 1 aliphatic heterocycles. The molecule has 76 valence electrons. The largest absolute Gasteiger partial charge is 0.508 e. The summed E-state index contributed by atoms with van der Waals surface area (Å²) in [6.07, 6.45) is 1.11. The number of rotatable bonds is 0. The van der Waals surface area contributed by atoms with E-state index < -0.39 is 0 Å². The Kier molecular flexibility index (Phi) is 2.14. The predicted octanol–water partition coefficient (Wildman–Crippen LogP) is 2.72. The van der Waals surface area contributed by atoms with E-state index in [4.69, 9.17) is 0 Å². The maximum atomic E-state index is 9.80. The summed E-state index contributed by atoms with van der Waals surface area (Å²) < 4.78 is 0. The Labute approximate surface area is 85.2 Å². The van der Waals surface area contributed by atoms with Crippen molar-refractivity contribution in [2.45, 2.75) is 32.2 Å². The highest BCUT2D eigenvalue weighted by Gasteiger charge is 2.27. The minimum absolute atomic E-state index is 0.439. The molecule has 0 aliphatic carbocycles. The number of nitrogens with zero attached hydrogens (tertiary/aromatic N) is 1. The van der Waals surface area contributed by atoms with Crippen LogP contribution >= 0.6 is 0 Å². The molecule has 0 bridgehead atoms. The highest BCUT2D eigenvalue weighted by molar-refractivity contribution is 5.62. The summed E-state index contributed by atoms with van der Waals surface area (Å²) in [5, 5.41) is 9.80. The number of hydrogen-bond donors (Lipinski definition) is 1. The van der Waals surface area contributed by atoms with E-state index in [1.54, 1.807) is 6.07 Å². The minimum Gasteiger partial charge on any atom is -0.508 e. The smallest absolute Gasteiger partial charge is 0.121 e. The molecule has 0 aromatic heterocycles. The van der Waals surface area contributed by atoms with Crippen molar-refractivity contribution >= 4 is 5.69 Å². The van der Waals surface area contributed by atoms with Gasteiger partial charge in [-0.2, -0.15) is 0 Å². The van der Waals surface area contributed by atoms with Crippen LogP contribution in [0.3, 0.4) is 0 Å². The van der Waals surface area contributed by atoms with Gasteiger partial charge in [-0.3, -0.25) is 0 Å². The Morgan fingerprint density at radius 3 is 2.79 bits per heavy atom. The summed E-state index contributed by atoms with van der Waals surface area (Å²) in [5.41, 5.74) is 2.28. The van der Waals surface area contributed by atoms with Crippen LogP contribution in [0, 0.1) is 0 Å². The molecule has 14 heavy (non-hydrogen) atoms. The summed E-state index contributed by atoms with van der Waals surface area (Å²) in [4.78, 5) is 2.25. The maximum Gasteiger partial charge on any atom is 0.121 e. The van der Waals surface area contributed by atoms with Crippen LogP contribution in [0.25, 0.3) is 0 Å². The Balaban J connectivity index is 2.55. The molecule has 1 aromatic carbocycles. The van der Waals surface area contributed by atoms with Gasteiger partial charge < -0.3 is 10.0 Å². The van der Waals surface area contributed by atoms with Gasteiger partial charge in [0, 0.05) is 24.3 Å². The molecule has 1 N–H and O–H groups in total. The van der Waals surface area contributed by atoms with E-state index in [2.05, 4.69) is 31.9 Å². The fourth-order valence-corrected chi connectivity index (χ4v) is 2.38. The third-order valence-electron chi connectivity index (χ3n) is 3.29. The minimum atomic E-state index is 0.439. The zero-order valence-electron chi connectivity index (χ0n) is 8.99. The molecule has 1 aromatic rings. The van der Waals surface area contributed by atoms with Gasteiger partial charge in [0.05, 0.1) is 0 Å². The quantitative estimate of drug-likeness (QED) is 0.681. The van der Waals surface area contributed by atoms with Crippen LogP contribution in [0.1, 0.15) is 31.7 Å². The summed E-state index contributed by atoms with van der Waals surface area (Å²) in [6, 6.07) is 6.33. The normalized spacial score (nSPS) is 26.1. The van der Waals surface area contributed by atoms with Crippen molar-refractivity contribution in [2.75, 3.05) is 11.9 Å². The number of hydrogen-bond acceptors (Lipinski definition) is 2. The van der Waals surface area contributed by atoms with E-state index in [0.29, 0.717) is 17.7 Å². The second-order valence-corrected chi connectivity index (χ2v) is 4.31. The second-order valence-electron chi connectivity index (χ2n) is 4.31. The Morgan fingerprint density at radius 2 is 2.07 bits per heavy atom. The summed E-state index contributed by atoms with van der Waals surface area (Å²) >= 11 is 0. The van der Waals surface area contributed by atoms with Gasteiger partial charge >= 0.3 is 0 Å². The third-order valence-corrected chi connectivity index (χ3v) is 3.29. The molecule has 2 rings (SSSR count). The first-order valence-corrected chi connectivity index (χ1v) is 5.16. The molecule has 0 radical (unpaired) electrons. The molecule has 2 heteroatoms. The molecule has 0 spiro atoms. The van der Waals surface area contributed by atoms with Gasteiger partial charge in [0.15, 0.2) is 0 Å². The van der Waals surface area contributed by atoms with Crippen molar-refractivity contribution in [2.24, 2.45) is 0 Å². The van der Waals surface area contributed by atoms with Crippen molar-refractivity contribution < 1.29 is 5.11 Å². The van der Waals surface area contributed by atoms with Crippen LogP contribution in [0.5, 0.6) is 5.75 Å². The van der Waals surface area contributed by atoms with Crippen molar-refractivity contribution in [3.8, 4) is 5.75 Å². The van der Waals surface area contributed by atoms with Crippen LogP contribution in [0.4, 0.5) is 5.69 Å². The topological polar surface area (TPSA) is 23.5 Å². The van der Waals surface area contributed by atoms with Crippen LogP contribution in [-0.4, -0.2) is 18.2 Å². The average Bonchev–Trinajstić information content (AvgIpc) is 2.14. The van der Waals surface area contributed by atoms with Gasteiger partial charge in [-0.15, -0.1) is 0 Å². The fraction of sp³-hybridized carbons (Fsp3) is 0.500. The Hall–Kier alpha value is -1.18. The van der Waals surface area contributed by atoms with Crippen LogP contribution < -0.4 is 4.90 Å². The Morgan fingerprint density at radius 1 is 1.36 bits per heavy atom. The number of fused-ring (bicyclic) bond motifs is 1. The summed E-state index contributed by atoms with van der Waals surface area (Å²) in [6.45, 7) is 4.41. The molecular formula is C12H17NO. The zero-order chi connectivity index (χ0) is 10.3. The molecule has 2 unspecified atom stereocenters. The van der Waals surface area contributed by atoms with Gasteiger partial charge in [-0.05, 0) is 31.4 Å². The van der Waals surface area contributed by atoms with Crippen molar-refractivity contribution in [1.29, 1.82) is 0 Å². The SMILES string of the molecule is CC1CC(C)N(C)c2cccc(O)c21. The lowest BCUT2D eigenvalue weighted by atomic mass is 9.87. The number of anilines is 1. The molecule has 1 aliphatic rings. The lowest BCUT2D eigenvalue weighted by Crippen LogP contribution is -2.34. The summed E-state index contributed by atoms with van der Waals surface area (Å²) in [7, 11) is 2.09. The average molecular weight is 191 g/mol. The molecule has 0 saturated carbocycles. The van der Waals surface area contributed by atoms with Gasteiger partial charge in [-0.1, -0.05) is 13.0 Å². The van der Waals surface area contributed by atoms with Crippen molar-refractivity contribution in [1.82, 2.24) is 0 Å². The van der Waals surface area contributed by atoms with E-state index in [1.165, 1.54) is 5.69 Å². The van der Waals surface area contributed by atoms with E-state index in [9.17, 15) is 5.11 Å². The van der Waals surface area contributed by atoms with Gasteiger partial charge in [0.2, 0.25) is 0 Å². The zero-order valence-corrected chi connectivity index (χ0v) is 8.99. The molecule has 2 atom stereocenters. The standard InChI is InChI=1S/C12H17NO/c1-8-7-9(2)13(3)10-5-4-6-11(14)12(8)10/h4-6,8-9,14H,7H2,1-3H3. The van der Waals surface area contributed by atoms with Crippen molar-refractivity contribution in [3.63, 3.8) is 0 Å². The molecule has 0 amide bonds. The first-order chi connectivity index (χ1) is 6.61. The molecule has 0 saturated heterocycles.